The molecule has 3 aromatic rings. The Labute approximate surface area is 128 Å². The number of pyridine rings is 1. The highest BCUT2D eigenvalue weighted by Gasteiger charge is 2.19. The number of aromatic nitrogens is 4. The number of amides is 1. The Kier molecular flexibility index (Phi) is 3.82. The SMILES string of the molecule is C[C@H](C(=O)N(C)Cc1ccc2ncccc2c1)n1cncn1. The fourth-order valence-electron chi connectivity index (χ4n) is 2.42. The minimum absolute atomic E-state index is 0.00298. The van der Waals surface area contributed by atoms with Gasteiger partial charge in [-0.05, 0) is 30.7 Å². The zero-order valence-corrected chi connectivity index (χ0v) is 12.5. The van der Waals surface area contributed by atoms with Gasteiger partial charge in [0.05, 0.1) is 5.52 Å². The Bertz CT molecular complexity index is 784. The normalized spacial score (nSPS) is 12.3. The summed E-state index contributed by atoms with van der Waals surface area (Å²) in [4.78, 5) is 22.3. The lowest BCUT2D eigenvalue weighted by Gasteiger charge is -2.21. The van der Waals surface area contributed by atoms with Crippen LogP contribution in [-0.2, 0) is 11.3 Å². The summed E-state index contributed by atoms with van der Waals surface area (Å²) >= 11 is 0. The molecule has 1 aromatic carbocycles. The van der Waals surface area contributed by atoms with Crippen molar-refractivity contribution in [2.24, 2.45) is 0 Å². The number of carbonyl (C=O) groups excluding carboxylic acids is 1. The summed E-state index contributed by atoms with van der Waals surface area (Å²) in [6.45, 7) is 2.36. The van der Waals surface area contributed by atoms with Gasteiger partial charge in [-0.2, -0.15) is 5.10 Å². The topological polar surface area (TPSA) is 63.9 Å². The van der Waals surface area contributed by atoms with E-state index in [9.17, 15) is 4.79 Å². The molecule has 22 heavy (non-hydrogen) atoms. The van der Waals surface area contributed by atoms with Crippen molar-refractivity contribution in [2.45, 2.75) is 19.5 Å². The van der Waals surface area contributed by atoms with E-state index in [1.54, 1.807) is 29.2 Å². The Morgan fingerprint density at radius 3 is 3.00 bits per heavy atom. The van der Waals surface area contributed by atoms with Gasteiger partial charge in [0.25, 0.3) is 0 Å². The summed E-state index contributed by atoms with van der Waals surface area (Å²) < 4.78 is 1.56. The average Bonchev–Trinajstić information content (AvgIpc) is 3.07. The molecular weight excluding hydrogens is 278 g/mol. The first-order chi connectivity index (χ1) is 10.6. The summed E-state index contributed by atoms with van der Waals surface area (Å²) in [6, 6.07) is 9.60. The second-order valence-corrected chi connectivity index (χ2v) is 5.28. The van der Waals surface area contributed by atoms with Gasteiger partial charge in [-0.15, -0.1) is 0 Å². The van der Waals surface area contributed by atoms with Crippen molar-refractivity contribution in [3.63, 3.8) is 0 Å². The van der Waals surface area contributed by atoms with Gasteiger partial charge in [-0.25, -0.2) is 9.67 Å². The predicted octanol–water partition coefficient (Wildman–Crippen LogP) is 2.05. The maximum absolute atomic E-state index is 12.4. The van der Waals surface area contributed by atoms with Crippen molar-refractivity contribution in [1.82, 2.24) is 24.6 Å². The summed E-state index contributed by atoms with van der Waals surface area (Å²) in [7, 11) is 1.79. The van der Waals surface area contributed by atoms with Gasteiger partial charge in [-0.3, -0.25) is 9.78 Å². The molecule has 112 valence electrons. The van der Waals surface area contributed by atoms with E-state index in [1.807, 2.05) is 31.2 Å². The molecule has 0 saturated carbocycles. The molecule has 0 radical (unpaired) electrons. The molecule has 0 bridgehead atoms. The van der Waals surface area contributed by atoms with Crippen LogP contribution in [0.2, 0.25) is 0 Å². The molecule has 0 spiro atoms. The highest BCUT2D eigenvalue weighted by molar-refractivity contribution is 5.81. The zero-order chi connectivity index (χ0) is 15.5. The molecule has 1 atom stereocenters. The lowest BCUT2D eigenvalue weighted by molar-refractivity contribution is -0.133. The summed E-state index contributed by atoms with van der Waals surface area (Å²) in [5, 5.41) is 5.09. The second kappa shape index (κ2) is 5.93. The van der Waals surface area contributed by atoms with Gasteiger partial charge in [0, 0.05) is 25.2 Å². The molecule has 0 unspecified atom stereocenters. The van der Waals surface area contributed by atoms with Crippen molar-refractivity contribution in [1.29, 1.82) is 0 Å². The molecule has 0 saturated heterocycles. The number of carbonyl (C=O) groups is 1. The number of hydrogen-bond donors (Lipinski definition) is 0. The zero-order valence-electron chi connectivity index (χ0n) is 12.5. The molecule has 0 aliphatic rings. The van der Waals surface area contributed by atoms with E-state index in [-0.39, 0.29) is 11.9 Å². The molecule has 0 aliphatic heterocycles. The first-order valence-electron chi connectivity index (χ1n) is 7.08. The van der Waals surface area contributed by atoms with Crippen molar-refractivity contribution in [3.8, 4) is 0 Å². The first kappa shape index (κ1) is 14.2. The number of benzene rings is 1. The fourth-order valence-corrected chi connectivity index (χ4v) is 2.42. The Morgan fingerprint density at radius 1 is 1.36 bits per heavy atom. The fraction of sp³-hybridized carbons (Fsp3) is 0.250. The number of fused-ring (bicyclic) bond motifs is 1. The third kappa shape index (κ3) is 2.81. The van der Waals surface area contributed by atoms with Crippen molar-refractivity contribution < 1.29 is 4.79 Å². The van der Waals surface area contributed by atoms with E-state index < -0.39 is 0 Å². The van der Waals surface area contributed by atoms with Crippen molar-refractivity contribution >= 4 is 16.8 Å². The second-order valence-electron chi connectivity index (χ2n) is 5.28. The van der Waals surface area contributed by atoms with Gasteiger partial charge in [0.2, 0.25) is 5.91 Å². The molecular formula is C16H17N5O. The highest BCUT2D eigenvalue weighted by atomic mass is 16.2. The van der Waals surface area contributed by atoms with Crippen molar-refractivity contribution in [3.05, 3.63) is 54.7 Å². The number of hydrogen-bond acceptors (Lipinski definition) is 4. The van der Waals surface area contributed by atoms with E-state index in [2.05, 4.69) is 21.1 Å². The highest BCUT2D eigenvalue weighted by Crippen LogP contribution is 2.16. The van der Waals surface area contributed by atoms with Crippen molar-refractivity contribution in [2.75, 3.05) is 7.05 Å². The van der Waals surface area contributed by atoms with Crippen LogP contribution in [0.15, 0.2) is 49.2 Å². The molecule has 2 heterocycles. The minimum atomic E-state index is -0.366. The lowest BCUT2D eigenvalue weighted by Crippen LogP contribution is -2.33. The van der Waals surface area contributed by atoms with Gasteiger partial charge in [-0.1, -0.05) is 12.1 Å². The van der Waals surface area contributed by atoms with Crippen LogP contribution < -0.4 is 0 Å². The van der Waals surface area contributed by atoms with Crippen LogP contribution >= 0.6 is 0 Å². The number of nitrogens with zero attached hydrogens (tertiary/aromatic N) is 5. The smallest absolute Gasteiger partial charge is 0.247 e. The van der Waals surface area contributed by atoms with Crippen LogP contribution in [0.1, 0.15) is 18.5 Å². The Morgan fingerprint density at radius 2 is 2.23 bits per heavy atom. The molecule has 1 amide bonds. The predicted molar refractivity (Wildman–Crippen MR) is 83.0 cm³/mol. The Hall–Kier alpha value is -2.76. The molecule has 3 rings (SSSR count). The van der Waals surface area contributed by atoms with E-state index in [4.69, 9.17) is 0 Å². The van der Waals surface area contributed by atoms with Crippen LogP contribution in [0.25, 0.3) is 10.9 Å². The average molecular weight is 295 g/mol. The molecule has 2 aromatic heterocycles. The number of likely N-dealkylation sites (N-methyl/N-ethyl adjacent to an activating group) is 1. The third-order valence-corrected chi connectivity index (χ3v) is 3.65. The van der Waals surface area contributed by atoms with E-state index in [0.29, 0.717) is 6.54 Å². The number of rotatable bonds is 4. The van der Waals surface area contributed by atoms with Gasteiger partial charge >= 0.3 is 0 Å². The summed E-state index contributed by atoms with van der Waals surface area (Å²) in [5.41, 5.74) is 2.03. The first-order valence-corrected chi connectivity index (χ1v) is 7.08. The van der Waals surface area contributed by atoms with Crippen LogP contribution in [0.4, 0.5) is 0 Å². The van der Waals surface area contributed by atoms with Crippen LogP contribution in [0, 0.1) is 0 Å². The van der Waals surface area contributed by atoms with Gasteiger partial charge in [0.1, 0.15) is 18.7 Å². The third-order valence-electron chi connectivity index (χ3n) is 3.65. The standard InChI is InChI=1S/C16H17N5O/c1-12(21-11-17-10-19-21)16(22)20(2)9-13-5-6-15-14(8-13)4-3-7-18-15/h3-8,10-12H,9H2,1-2H3/t12-/m1/s1. The maximum atomic E-state index is 12.4. The van der Waals surface area contributed by atoms with Crippen LogP contribution in [0.3, 0.4) is 0 Å². The summed E-state index contributed by atoms with van der Waals surface area (Å²) in [5.74, 6) is -0.00298. The lowest BCUT2D eigenvalue weighted by atomic mass is 10.1. The molecule has 0 N–H and O–H groups in total. The van der Waals surface area contributed by atoms with Gasteiger partial charge < -0.3 is 4.90 Å². The summed E-state index contributed by atoms with van der Waals surface area (Å²) in [6.07, 6.45) is 4.76. The van der Waals surface area contributed by atoms with E-state index in [1.165, 1.54) is 6.33 Å². The van der Waals surface area contributed by atoms with E-state index in [0.717, 1.165) is 16.5 Å². The van der Waals surface area contributed by atoms with E-state index >= 15 is 0 Å². The molecule has 0 fully saturated rings. The molecule has 6 nitrogen and oxygen atoms in total. The van der Waals surface area contributed by atoms with Gasteiger partial charge in [0.15, 0.2) is 0 Å². The van der Waals surface area contributed by atoms with Crippen LogP contribution in [-0.4, -0.2) is 37.6 Å². The molecule has 0 aliphatic carbocycles. The molecule has 6 heteroatoms. The Balaban J connectivity index is 1.74. The monoisotopic (exact) mass is 295 g/mol. The maximum Gasteiger partial charge on any atom is 0.247 e. The quantitative estimate of drug-likeness (QED) is 0.739. The largest absolute Gasteiger partial charge is 0.340 e. The van der Waals surface area contributed by atoms with Crippen LogP contribution in [0.5, 0.6) is 0 Å². The minimum Gasteiger partial charge on any atom is -0.340 e.